The smallest absolute Gasteiger partial charge is 0.318 e. The molecule has 0 unspecified atom stereocenters. The zero-order chi connectivity index (χ0) is 37.9. The van der Waals surface area contributed by atoms with E-state index < -0.39 is 110 Å². The third-order valence-corrected chi connectivity index (χ3v) is 10.1. The molecule has 1 saturated carbocycles. The van der Waals surface area contributed by atoms with E-state index >= 15 is 4.39 Å². The summed E-state index contributed by atoms with van der Waals surface area (Å²) in [6, 6.07) is 9.98. The van der Waals surface area contributed by atoms with Crippen molar-refractivity contribution in [3.8, 4) is 11.1 Å². The monoisotopic (exact) mass is 737 g/mol. The maximum atomic E-state index is 15.0. The third-order valence-electron chi connectivity index (χ3n) is 10.1. The molecule has 52 heavy (non-hydrogen) atoms. The summed E-state index contributed by atoms with van der Waals surface area (Å²) in [4.78, 5) is 13.1. The van der Waals surface area contributed by atoms with Gasteiger partial charge in [0.25, 0.3) is 0 Å². The van der Waals surface area contributed by atoms with Gasteiger partial charge < -0.3 is 77.5 Å². The number of halogens is 1. The average Bonchev–Trinajstić information content (AvgIpc) is 3.11. The van der Waals surface area contributed by atoms with Crippen LogP contribution in [0.15, 0.2) is 48.5 Å². The SMILES string of the molecule is CC(C)(C(=O)OCOC[C@H]1O[C@H](O[C@@H]2[C@@H](O)[C@H](O[C@H]3O[C@H](CN)[C@@H](O)C[C@H]3N)[C@@H](N)C[C@H]2N)[C@H](O)[C@@H](N)[C@@H]1O)c1ccc(-c2ccccc2)c(F)c1. The van der Waals surface area contributed by atoms with Gasteiger partial charge in [-0.25, -0.2) is 4.39 Å². The van der Waals surface area contributed by atoms with Gasteiger partial charge in [-0.2, -0.15) is 0 Å². The molecule has 2 saturated heterocycles. The molecule has 0 radical (unpaired) electrons. The fourth-order valence-corrected chi connectivity index (χ4v) is 6.73. The maximum absolute atomic E-state index is 15.0. The average molecular weight is 738 g/mol. The van der Waals surface area contributed by atoms with Crippen molar-refractivity contribution in [3.05, 3.63) is 59.9 Å². The molecule has 2 heterocycles. The minimum absolute atomic E-state index is 0.0170. The Labute approximate surface area is 301 Å². The summed E-state index contributed by atoms with van der Waals surface area (Å²) in [5.41, 5.74) is 30.8. The highest BCUT2D eigenvalue weighted by atomic mass is 19.1. The first-order valence-corrected chi connectivity index (χ1v) is 17.3. The zero-order valence-corrected chi connectivity index (χ0v) is 29.1. The number of hydrogen-bond donors (Lipinski definition) is 9. The normalized spacial score (nSPS) is 37.1. The van der Waals surface area contributed by atoms with Crippen molar-refractivity contribution in [2.24, 2.45) is 28.7 Å². The molecule has 0 aromatic heterocycles. The molecular formula is C35H52FN5O11. The number of nitrogens with two attached hydrogens (primary N) is 5. The zero-order valence-electron chi connectivity index (χ0n) is 29.1. The molecule has 1 aliphatic carbocycles. The number of carbonyl (C=O) groups is 1. The Morgan fingerprint density at radius 1 is 0.846 bits per heavy atom. The van der Waals surface area contributed by atoms with Crippen LogP contribution in [-0.4, -0.2) is 132 Å². The molecule has 2 aromatic carbocycles. The lowest BCUT2D eigenvalue weighted by molar-refractivity contribution is -0.317. The van der Waals surface area contributed by atoms with Gasteiger partial charge >= 0.3 is 5.97 Å². The highest BCUT2D eigenvalue weighted by molar-refractivity contribution is 5.82. The first kappa shape index (κ1) is 40.5. The van der Waals surface area contributed by atoms with Crippen LogP contribution in [0.1, 0.15) is 32.3 Å². The van der Waals surface area contributed by atoms with Gasteiger partial charge in [-0.15, -0.1) is 0 Å². The molecule has 16 nitrogen and oxygen atoms in total. The largest absolute Gasteiger partial charge is 0.438 e. The molecule has 14 N–H and O–H groups in total. The highest BCUT2D eigenvalue weighted by Gasteiger charge is 2.50. The van der Waals surface area contributed by atoms with Gasteiger partial charge in [-0.3, -0.25) is 4.79 Å². The summed E-state index contributed by atoms with van der Waals surface area (Å²) in [6.07, 6.45) is -11.7. The van der Waals surface area contributed by atoms with Gasteiger partial charge in [0.1, 0.15) is 42.4 Å². The van der Waals surface area contributed by atoms with Gasteiger partial charge in [-0.1, -0.05) is 42.5 Å². The molecule has 0 amide bonds. The van der Waals surface area contributed by atoms with E-state index in [9.17, 15) is 25.2 Å². The van der Waals surface area contributed by atoms with Crippen molar-refractivity contribution in [2.45, 2.75) is 118 Å². The molecule has 2 aliphatic heterocycles. The molecule has 3 fully saturated rings. The topological polar surface area (TPSA) is 283 Å². The van der Waals surface area contributed by atoms with E-state index in [0.717, 1.165) is 0 Å². The number of ether oxygens (including phenoxy) is 6. The van der Waals surface area contributed by atoms with Crippen LogP contribution in [-0.2, 0) is 38.6 Å². The van der Waals surface area contributed by atoms with Crippen molar-refractivity contribution in [1.82, 2.24) is 0 Å². The minimum atomic E-state index is -1.55. The van der Waals surface area contributed by atoms with Crippen molar-refractivity contribution in [1.29, 1.82) is 0 Å². The number of hydrogen-bond acceptors (Lipinski definition) is 16. The van der Waals surface area contributed by atoms with E-state index in [2.05, 4.69) is 0 Å². The number of rotatable bonds is 12. The standard InChI is InChI=1S/C35H52FN5O11/c1-35(2,17-8-9-18(19(36)10-17)16-6-4-3-5-7-16)34(46)48-15-47-14-25-27(43)26(41)28(44)33(50-25)52-31-21(39)11-20(38)30(29(31)45)51-32-22(40)12-23(42)24(13-37)49-32/h3-10,20-33,42-45H,11-15,37-41H2,1-2H3/t20-,21+,22+,23-,24+,25+,26-,27+,28+,29-,30+,31-,32+,33+/m0/s1. The van der Waals surface area contributed by atoms with E-state index in [1.54, 1.807) is 50.2 Å². The van der Waals surface area contributed by atoms with E-state index in [-0.39, 0.29) is 26.0 Å². The molecule has 2 aromatic rings. The summed E-state index contributed by atoms with van der Waals surface area (Å²) >= 11 is 0. The summed E-state index contributed by atoms with van der Waals surface area (Å²) in [5, 5.41) is 43.1. The Morgan fingerprint density at radius 2 is 1.48 bits per heavy atom. The molecule has 5 rings (SSSR count). The molecule has 17 heteroatoms. The van der Waals surface area contributed by atoms with E-state index in [1.165, 1.54) is 6.07 Å². The van der Waals surface area contributed by atoms with Crippen molar-refractivity contribution < 1.29 is 58.0 Å². The summed E-state index contributed by atoms with van der Waals surface area (Å²) < 4.78 is 49.4. The Bertz CT molecular complexity index is 1480. The predicted octanol–water partition coefficient (Wildman–Crippen LogP) is -1.99. The van der Waals surface area contributed by atoms with Crippen LogP contribution in [0, 0.1) is 5.82 Å². The second kappa shape index (κ2) is 17.2. The Morgan fingerprint density at radius 3 is 2.12 bits per heavy atom. The lowest BCUT2D eigenvalue weighted by Crippen LogP contribution is -2.68. The van der Waals surface area contributed by atoms with Crippen LogP contribution in [0.25, 0.3) is 11.1 Å². The Balaban J connectivity index is 1.16. The first-order valence-electron chi connectivity index (χ1n) is 17.3. The number of benzene rings is 2. The fraction of sp³-hybridized carbons (Fsp3) is 0.629. The van der Waals surface area contributed by atoms with Crippen LogP contribution in [0.4, 0.5) is 4.39 Å². The first-order chi connectivity index (χ1) is 24.6. The summed E-state index contributed by atoms with van der Waals surface area (Å²) in [5.74, 6) is -1.18. The maximum Gasteiger partial charge on any atom is 0.318 e. The quantitative estimate of drug-likeness (QED) is 0.0648. The summed E-state index contributed by atoms with van der Waals surface area (Å²) in [7, 11) is 0. The fourth-order valence-electron chi connectivity index (χ4n) is 6.73. The van der Waals surface area contributed by atoms with Gasteiger partial charge in [0.2, 0.25) is 0 Å². The predicted molar refractivity (Wildman–Crippen MR) is 183 cm³/mol. The Hall–Kier alpha value is -2.72. The van der Waals surface area contributed by atoms with Gasteiger partial charge in [0.15, 0.2) is 19.4 Å². The van der Waals surface area contributed by atoms with Gasteiger partial charge in [0, 0.05) is 24.2 Å². The van der Waals surface area contributed by atoms with Crippen LogP contribution < -0.4 is 28.7 Å². The number of carbonyl (C=O) groups excluding carboxylic acids is 1. The van der Waals surface area contributed by atoms with Crippen LogP contribution in [0.5, 0.6) is 0 Å². The number of aliphatic hydroxyl groups excluding tert-OH is 4. The lowest BCUT2D eigenvalue weighted by Gasteiger charge is -2.48. The molecule has 0 spiro atoms. The Kier molecular flexibility index (Phi) is 13.4. The molecule has 290 valence electrons. The van der Waals surface area contributed by atoms with E-state index in [1.807, 2.05) is 6.07 Å². The minimum Gasteiger partial charge on any atom is -0.438 e. The number of esters is 1. The van der Waals surface area contributed by atoms with Crippen LogP contribution >= 0.6 is 0 Å². The number of aliphatic hydroxyl groups is 4. The van der Waals surface area contributed by atoms with Crippen molar-refractivity contribution >= 4 is 5.97 Å². The lowest BCUT2D eigenvalue weighted by atomic mass is 9.84. The molecule has 0 bridgehead atoms. The van der Waals surface area contributed by atoms with Gasteiger partial charge in [0.05, 0.1) is 36.3 Å². The molecule has 14 atom stereocenters. The molecule has 3 aliphatic rings. The summed E-state index contributed by atoms with van der Waals surface area (Å²) in [6.45, 7) is 2.32. The van der Waals surface area contributed by atoms with Crippen LogP contribution in [0.2, 0.25) is 0 Å². The van der Waals surface area contributed by atoms with Crippen molar-refractivity contribution in [3.63, 3.8) is 0 Å². The second-order valence-electron chi connectivity index (χ2n) is 14.2. The van der Waals surface area contributed by atoms with E-state index in [0.29, 0.717) is 16.7 Å². The third kappa shape index (κ3) is 8.80. The second-order valence-corrected chi connectivity index (χ2v) is 14.2. The van der Waals surface area contributed by atoms with Crippen molar-refractivity contribution in [2.75, 3.05) is 19.9 Å². The molecular weight excluding hydrogens is 685 g/mol. The van der Waals surface area contributed by atoms with E-state index in [4.69, 9.17) is 57.1 Å². The van der Waals surface area contributed by atoms with Gasteiger partial charge in [-0.05, 0) is 43.9 Å². The van der Waals surface area contributed by atoms with Crippen LogP contribution in [0.3, 0.4) is 0 Å². The highest BCUT2D eigenvalue weighted by Crippen LogP contribution is 2.32.